The highest BCUT2D eigenvalue weighted by atomic mass is 79.9. The number of primary amides is 1. The highest BCUT2D eigenvalue weighted by Gasteiger charge is 2.00. The van der Waals surface area contributed by atoms with Gasteiger partial charge in [0.25, 0.3) is 0 Å². The molecule has 2 rings (SSSR count). The Balaban J connectivity index is 2.03. The Hall–Kier alpha value is -2.01. The third kappa shape index (κ3) is 3.99. The smallest absolute Gasteiger partial charge is 0.316 e. The summed E-state index contributed by atoms with van der Waals surface area (Å²) in [4.78, 5) is 10.8. The summed E-state index contributed by atoms with van der Waals surface area (Å²) < 4.78 is 1.10. The number of hydrogen-bond donors (Lipinski definition) is 3. The van der Waals surface area contributed by atoms with Crippen LogP contribution in [0.25, 0.3) is 0 Å². The molecule has 2 amide bonds. The molecule has 0 radical (unpaired) electrons. The van der Waals surface area contributed by atoms with Crippen molar-refractivity contribution in [2.45, 2.75) is 13.5 Å². The molecule has 20 heavy (non-hydrogen) atoms. The molecule has 0 atom stereocenters. The summed E-state index contributed by atoms with van der Waals surface area (Å²) in [6, 6.07) is 13.1. The lowest BCUT2D eigenvalue weighted by Gasteiger charge is -2.09. The number of urea groups is 1. The third-order valence-corrected chi connectivity index (χ3v) is 3.72. The number of benzene rings is 2. The van der Waals surface area contributed by atoms with Crippen LogP contribution in [-0.4, -0.2) is 6.03 Å². The van der Waals surface area contributed by atoms with Crippen LogP contribution in [0.1, 0.15) is 11.1 Å². The molecule has 0 aliphatic rings. The predicted molar refractivity (Wildman–Crippen MR) is 85.9 cm³/mol. The van der Waals surface area contributed by atoms with Gasteiger partial charge < -0.3 is 16.4 Å². The Morgan fingerprint density at radius 1 is 1.20 bits per heavy atom. The molecule has 0 fully saturated rings. The van der Waals surface area contributed by atoms with E-state index in [1.54, 1.807) is 6.07 Å². The number of carbonyl (C=O) groups is 1. The molecular formula is C15H16BrN3O. The first-order chi connectivity index (χ1) is 9.54. The van der Waals surface area contributed by atoms with E-state index >= 15 is 0 Å². The van der Waals surface area contributed by atoms with Crippen LogP contribution in [0.15, 0.2) is 46.9 Å². The average Bonchev–Trinajstić information content (AvgIpc) is 2.40. The summed E-state index contributed by atoms with van der Waals surface area (Å²) >= 11 is 3.52. The summed E-state index contributed by atoms with van der Waals surface area (Å²) in [6.45, 7) is 2.76. The van der Waals surface area contributed by atoms with Gasteiger partial charge in [-0.3, -0.25) is 0 Å². The van der Waals surface area contributed by atoms with Crippen LogP contribution in [0.5, 0.6) is 0 Å². The van der Waals surface area contributed by atoms with Crippen molar-refractivity contribution in [1.29, 1.82) is 0 Å². The van der Waals surface area contributed by atoms with Gasteiger partial charge >= 0.3 is 6.03 Å². The fraction of sp³-hybridized carbons (Fsp3) is 0.133. The van der Waals surface area contributed by atoms with Gasteiger partial charge in [-0.25, -0.2) is 4.79 Å². The largest absolute Gasteiger partial charge is 0.381 e. The predicted octanol–water partition coefficient (Wildman–Crippen LogP) is 3.86. The Bertz CT molecular complexity index is 628. The number of aryl methyl sites for hydroxylation is 1. The standard InChI is InChI=1S/C15H16BrN3O/c1-10-5-6-11(7-14(10)16)9-18-12-3-2-4-13(8-12)19-15(17)20/h2-8,18H,9H2,1H3,(H3,17,19,20). The number of halogens is 1. The number of nitrogens with two attached hydrogens (primary N) is 1. The molecule has 2 aromatic rings. The van der Waals surface area contributed by atoms with Crippen molar-refractivity contribution in [1.82, 2.24) is 0 Å². The van der Waals surface area contributed by atoms with Crippen LogP contribution in [-0.2, 0) is 6.54 Å². The van der Waals surface area contributed by atoms with Crippen molar-refractivity contribution in [2.24, 2.45) is 5.73 Å². The zero-order valence-electron chi connectivity index (χ0n) is 11.1. The van der Waals surface area contributed by atoms with E-state index in [1.165, 1.54) is 11.1 Å². The van der Waals surface area contributed by atoms with E-state index in [1.807, 2.05) is 18.2 Å². The first kappa shape index (κ1) is 14.4. The van der Waals surface area contributed by atoms with Gasteiger partial charge in [-0.15, -0.1) is 0 Å². The zero-order valence-corrected chi connectivity index (χ0v) is 12.7. The lowest BCUT2D eigenvalue weighted by Crippen LogP contribution is -2.19. The first-order valence-electron chi connectivity index (χ1n) is 6.20. The lowest BCUT2D eigenvalue weighted by molar-refractivity contribution is 0.259. The summed E-state index contributed by atoms with van der Waals surface area (Å²) in [7, 11) is 0. The van der Waals surface area contributed by atoms with Crippen molar-refractivity contribution in [2.75, 3.05) is 10.6 Å². The second-order valence-corrected chi connectivity index (χ2v) is 5.36. The molecule has 2 aromatic carbocycles. The summed E-state index contributed by atoms with van der Waals surface area (Å²) in [5.74, 6) is 0. The number of amides is 2. The SMILES string of the molecule is Cc1ccc(CNc2cccc(NC(N)=O)c2)cc1Br. The number of rotatable bonds is 4. The number of anilines is 2. The molecule has 0 bridgehead atoms. The maximum atomic E-state index is 10.8. The van der Waals surface area contributed by atoms with Crippen LogP contribution in [0, 0.1) is 6.92 Å². The minimum absolute atomic E-state index is 0.565. The summed E-state index contributed by atoms with van der Waals surface area (Å²) in [6.07, 6.45) is 0. The number of nitrogens with one attached hydrogen (secondary N) is 2. The lowest BCUT2D eigenvalue weighted by atomic mass is 10.1. The highest BCUT2D eigenvalue weighted by molar-refractivity contribution is 9.10. The maximum absolute atomic E-state index is 10.8. The molecule has 0 aliphatic carbocycles. The molecule has 0 unspecified atom stereocenters. The van der Waals surface area contributed by atoms with E-state index in [0.717, 1.165) is 10.2 Å². The van der Waals surface area contributed by atoms with Crippen molar-refractivity contribution in [3.05, 3.63) is 58.1 Å². The molecule has 0 aromatic heterocycles. The highest BCUT2D eigenvalue weighted by Crippen LogP contribution is 2.19. The van der Waals surface area contributed by atoms with Gasteiger partial charge in [-0.2, -0.15) is 0 Å². The average molecular weight is 334 g/mol. The van der Waals surface area contributed by atoms with Crippen LogP contribution in [0.3, 0.4) is 0 Å². The summed E-state index contributed by atoms with van der Waals surface area (Å²) in [5.41, 5.74) is 9.08. The molecular weight excluding hydrogens is 318 g/mol. The minimum atomic E-state index is -0.565. The van der Waals surface area contributed by atoms with Crippen molar-refractivity contribution < 1.29 is 4.79 Å². The minimum Gasteiger partial charge on any atom is -0.381 e. The second kappa shape index (κ2) is 6.43. The van der Waals surface area contributed by atoms with Gasteiger partial charge in [0.15, 0.2) is 0 Å². The molecule has 0 saturated carbocycles. The van der Waals surface area contributed by atoms with Crippen molar-refractivity contribution in [3.8, 4) is 0 Å². The second-order valence-electron chi connectivity index (χ2n) is 4.51. The first-order valence-corrected chi connectivity index (χ1v) is 6.99. The molecule has 0 heterocycles. The quantitative estimate of drug-likeness (QED) is 0.795. The fourth-order valence-corrected chi connectivity index (χ4v) is 2.23. The Morgan fingerprint density at radius 2 is 1.95 bits per heavy atom. The van der Waals surface area contributed by atoms with Gasteiger partial charge in [0, 0.05) is 22.4 Å². The molecule has 0 spiro atoms. The van der Waals surface area contributed by atoms with Crippen LogP contribution in [0.4, 0.5) is 16.2 Å². The van der Waals surface area contributed by atoms with Crippen LogP contribution < -0.4 is 16.4 Å². The van der Waals surface area contributed by atoms with Gasteiger partial charge in [0.2, 0.25) is 0 Å². The molecule has 4 N–H and O–H groups in total. The molecule has 4 nitrogen and oxygen atoms in total. The van der Waals surface area contributed by atoms with Crippen LogP contribution in [0.2, 0.25) is 0 Å². The Labute approximate surface area is 126 Å². The molecule has 5 heteroatoms. The van der Waals surface area contributed by atoms with Crippen molar-refractivity contribution in [3.63, 3.8) is 0 Å². The van der Waals surface area contributed by atoms with E-state index in [9.17, 15) is 4.79 Å². The maximum Gasteiger partial charge on any atom is 0.316 e. The molecule has 0 aliphatic heterocycles. The van der Waals surface area contributed by atoms with Crippen LogP contribution >= 0.6 is 15.9 Å². The van der Waals surface area contributed by atoms with E-state index in [0.29, 0.717) is 12.2 Å². The van der Waals surface area contributed by atoms with Gasteiger partial charge in [0.1, 0.15) is 0 Å². The Kier molecular flexibility index (Phi) is 4.63. The van der Waals surface area contributed by atoms with E-state index in [4.69, 9.17) is 5.73 Å². The van der Waals surface area contributed by atoms with Gasteiger partial charge in [-0.05, 0) is 42.3 Å². The van der Waals surface area contributed by atoms with E-state index in [2.05, 4.69) is 51.7 Å². The normalized spacial score (nSPS) is 10.1. The molecule has 104 valence electrons. The van der Waals surface area contributed by atoms with Gasteiger partial charge in [0.05, 0.1) is 0 Å². The monoisotopic (exact) mass is 333 g/mol. The fourth-order valence-electron chi connectivity index (χ4n) is 1.80. The van der Waals surface area contributed by atoms with Crippen molar-refractivity contribution >= 4 is 33.3 Å². The zero-order chi connectivity index (χ0) is 14.5. The third-order valence-electron chi connectivity index (χ3n) is 2.86. The van der Waals surface area contributed by atoms with E-state index < -0.39 is 6.03 Å². The molecule has 0 saturated heterocycles. The number of carbonyl (C=O) groups excluding carboxylic acids is 1. The Morgan fingerprint density at radius 3 is 2.65 bits per heavy atom. The summed E-state index contributed by atoms with van der Waals surface area (Å²) in [5, 5.41) is 5.86. The number of hydrogen-bond acceptors (Lipinski definition) is 2. The topological polar surface area (TPSA) is 67.2 Å². The van der Waals surface area contributed by atoms with Gasteiger partial charge in [-0.1, -0.05) is 34.1 Å². The van der Waals surface area contributed by atoms with E-state index in [-0.39, 0.29) is 0 Å².